The van der Waals surface area contributed by atoms with Gasteiger partial charge in [-0.2, -0.15) is 4.31 Å². The van der Waals surface area contributed by atoms with Crippen LogP contribution in [0.2, 0.25) is 10.0 Å². The van der Waals surface area contributed by atoms with E-state index in [4.69, 9.17) is 23.2 Å². The fraction of sp³-hybridized carbons (Fsp3) is 0.611. The molecule has 0 radical (unpaired) electrons. The third kappa shape index (κ3) is 5.97. The lowest BCUT2D eigenvalue weighted by Gasteiger charge is -2.42. The lowest BCUT2D eigenvalue weighted by molar-refractivity contribution is -0.135. The lowest BCUT2D eigenvalue weighted by Crippen LogP contribution is -2.59. The number of amides is 1. The molecule has 0 spiro atoms. The van der Waals surface area contributed by atoms with Crippen LogP contribution in [0.15, 0.2) is 18.2 Å². The summed E-state index contributed by atoms with van der Waals surface area (Å²) in [5.74, 6) is -0.00858. The molecule has 158 valence electrons. The van der Waals surface area contributed by atoms with Crippen molar-refractivity contribution in [3.05, 3.63) is 33.8 Å². The van der Waals surface area contributed by atoms with Gasteiger partial charge in [0.2, 0.25) is 15.9 Å². The molecule has 2 aliphatic heterocycles. The molecule has 2 saturated heterocycles. The first-order valence-electron chi connectivity index (χ1n) is 9.15. The van der Waals surface area contributed by atoms with Crippen LogP contribution in [-0.4, -0.2) is 80.0 Å². The molecule has 2 fully saturated rings. The number of likely N-dealkylation sites (tertiary alicyclic amines) is 1. The maximum absolute atomic E-state index is 13.0. The van der Waals surface area contributed by atoms with Crippen LogP contribution in [0.25, 0.3) is 0 Å². The van der Waals surface area contributed by atoms with Crippen LogP contribution < -0.4 is 0 Å². The number of sulfonamides is 1. The first-order chi connectivity index (χ1) is 12.7. The van der Waals surface area contributed by atoms with Crippen molar-refractivity contribution < 1.29 is 13.2 Å². The van der Waals surface area contributed by atoms with Crippen LogP contribution in [0.1, 0.15) is 18.4 Å². The molecule has 0 aliphatic carbocycles. The summed E-state index contributed by atoms with van der Waals surface area (Å²) < 4.78 is 25.5. The Morgan fingerprint density at radius 1 is 1.11 bits per heavy atom. The van der Waals surface area contributed by atoms with E-state index in [2.05, 4.69) is 4.90 Å². The van der Waals surface area contributed by atoms with Crippen molar-refractivity contribution in [2.75, 3.05) is 45.5 Å². The second-order valence-corrected chi connectivity index (χ2v) is 10.1. The number of carbonyl (C=O) groups excluding carboxylic acids is 1. The topological polar surface area (TPSA) is 60.9 Å². The van der Waals surface area contributed by atoms with E-state index in [0.717, 1.165) is 31.5 Å². The van der Waals surface area contributed by atoms with Crippen LogP contribution in [0, 0.1) is 0 Å². The van der Waals surface area contributed by atoms with Crippen molar-refractivity contribution in [1.29, 1.82) is 0 Å². The van der Waals surface area contributed by atoms with Crippen LogP contribution in [0.4, 0.5) is 0 Å². The van der Waals surface area contributed by atoms with E-state index in [1.54, 1.807) is 18.2 Å². The van der Waals surface area contributed by atoms with Gasteiger partial charge < -0.3 is 9.80 Å². The van der Waals surface area contributed by atoms with Gasteiger partial charge >= 0.3 is 0 Å². The number of hydrogen-bond donors (Lipinski definition) is 0. The lowest BCUT2D eigenvalue weighted by atomic mass is 10.1. The van der Waals surface area contributed by atoms with Crippen LogP contribution in [-0.2, 0) is 21.2 Å². The highest BCUT2D eigenvalue weighted by molar-refractivity contribution is 7.88. The van der Waals surface area contributed by atoms with Gasteiger partial charge in [0.05, 0.1) is 28.8 Å². The summed E-state index contributed by atoms with van der Waals surface area (Å²) in [6, 6.07) is 5.07. The van der Waals surface area contributed by atoms with Gasteiger partial charge in [0, 0.05) is 26.2 Å². The van der Waals surface area contributed by atoms with Gasteiger partial charge in [0.15, 0.2) is 0 Å². The number of rotatable bonds is 5. The summed E-state index contributed by atoms with van der Waals surface area (Å²) in [7, 11) is -3.27. The third-order valence-corrected chi connectivity index (χ3v) is 7.25. The molecule has 0 N–H and O–H groups in total. The molecule has 10 heteroatoms. The molecule has 1 aromatic rings. The molecular weight excluding hydrogens is 445 g/mol. The zero-order chi connectivity index (χ0) is 19.6. The number of nitrogens with zero attached hydrogens (tertiary/aromatic N) is 3. The predicted octanol–water partition coefficient (Wildman–Crippen LogP) is 2.53. The maximum atomic E-state index is 13.0. The van der Waals surface area contributed by atoms with Gasteiger partial charge in [-0.3, -0.25) is 4.79 Å². The van der Waals surface area contributed by atoms with Gasteiger partial charge in [0.25, 0.3) is 0 Å². The Kier molecular flexibility index (Phi) is 8.43. The van der Waals surface area contributed by atoms with Gasteiger partial charge in [-0.05, 0) is 43.6 Å². The van der Waals surface area contributed by atoms with Crippen molar-refractivity contribution in [2.45, 2.75) is 25.3 Å². The predicted molar refractivity (Wildman–Crippen MR) is 115 cm³/mol. The first-order valence-corrected chi connectivity index (χ1v) is 11.8. The summed E-state index contributed by atoms with van der Waals surface area (Å²) >= 11 is 12.0. The van der Waals surface area contributed by atoms with Crippen molar-refractivity contribution in [1.82, 2.24) is 14.1 Å². The van der Waals surface area contributed by atoms with E-state index in [9.17, 15) is 13.2 Å². The Morgan fingerprint density at radius 3 is 2.39 bits per heavy atom. The summed E-state index contributed by atoms with van der Waals surface area (Å²) in [6.45, 7) is 3.81. The fourth-order valence-corrected chi connectivity index (χ4v) is 4.98. The second-order valence-electron chi connectivity index (χ2n) is 7.29. The zero-order valence-electron chi connectivity index (χ0n) is 15.8. The molecule has 1 atom stereocenters. The van der Waals surface area contributed by atoms with Gasteiger partial charge in [-0.25, -0.2) is 8.42 Å². The van der Waals surface area contributed by atoms with Crippen molar-refractivity contribution in [2.24, 2.45) is 0 Å². The fourth-order valence-electron chi connectivity index (χ4n) is 3.80. The Morgan fingerprint density at radius 2 is 1.79 bits per heavy atom. The highest BCUT2D eigenvalue weighted by Gasteiger charge is 2.35. The number of hydrogen-bond acceptors (Lipinski definition) is 4. The highest BCUT2D eigenvalue weighted by Crippen LogP contribution is 2.24. The normalized spacial score (nSPS) is 21.5. The second kappa shape index (κ2) is 9.96. The molecule has 0 aromatic heterocycles. The molecular formula is C18H26Cl3N3O3S. The number of benzene rings is 1. The minimum absolute atomic E-state index is 0. The SMILES string of the molecule is CS(=O)(=O)N1CCN(C(=O)Cc2ccc(Cl)c(Cl)c2)[C@H](CN2CCCC2)C1.Cl. The summed E-state index contributed by atoms with van der Waals surface area (Å²) in [4.78, 5) is 17.1. The Balaban J connectivity index is 0.00000280. The Bertz CT molecular complexity index is 801. The average molecular weight is 471 g/mol. The Labute approximate surface area is 183 Å². The van der Waals surface area contributed by atoms with E-state index >= 15 is 0 Å². The van der Waals surface area contributed by atoms with Crippen LogP contribution in [0.5, 0.6) is 0 Å². The maximum Gasteiger partial charge on any atom is 0.227 e. The average Bonchev–Trinajstić information content (AvgIpc) is 3.10. The van der Waals surface area contributed by atoms with E-state index in [1.165, 1.54) is 10.6 Å². The molecule has 1 aromatic carbocycles. The van der Waals surface area contributed by atoms with Crippen molar-refractivity contribution >= 4 is 51.5 Å². The first kappa shape index (κ1) is 23.7. The molecule has 2 aliphatic rings. The molecule has 0 unspecified atom stereocenters. The summed E-state index contributed by atoms with van der Waals surface area (Å²) in [6.07, 6.45) is 3.76. The minimum Gasteiger partial charge on any atom is -0.335 e. The van der Waals surface area contributed by atoms with Crippen molar-refractivity contribution in [3.63, 3.8) is 0 Å². The molecule has 28 heavy (non-hydrogen) atoms. The van der Waals surface area contributed by atoms with Crippen LogP contribution in [0.3, 0.4) is 0 Å². The molecule has 0 saturated carbocycles. The molecule has 6 nitrogen and oxygen atoms in total. The highest BCUT2D eigenvalue weighted by atomic mass is 35.5. The molecule has 2 heterocycles. The monoisotopic (exact) mass is 469 g/mol. The largest absolute Gasteiger partial charge is 0.335 e. The van der Waals surface area contributed by atoms with Crippen molar-refractivity contribution in [3.8, 4) is 0 Å². The smallest absolute Gasteiger partial charge is 0.227 e. The number of halogens is 3. The quantitative estimate of drug-likeness (QED) is 0.663. The van der Waals surface area contributed by atoms with E-state index in [-0.39, 0.29) is 30.8 Å². The summed E-state index contributed by atoms with van der Waals surface area (Å²) in [5.41, 5.74) is 0.805. The van der Waals surface area contributed by atoms with Gasteiger partial charge in [-0.1, -0.05) is 29.3 Å². The van der Waals surface area contributed by atoms with Crippen LogP contribution >= 0.6 is 35.6 Å². The zero-order valence-corrected chi connectivity index (χ0v) is 19.0. The Hall–Kier alpha value is -0.570. The van der Waals surface area contributed by atoms with Gasteiger partial charge in [0.1, 0.15) is 0 Å². The number of piperazine rings is 1. The van der Waals surface area contributed by atoms with Gasteiger partial charge in [-0.15, -0.1) is 12.4 Å². The molecule has 1 amide bonds. The number of carbonyl (C=O) groups is 1. The molecule has 3 rings (SSSR count). The third-order valence-electron chi connectivity index (χ3n) is 5.24. The van der Waals surface area contributed by atoms with E-state index in [0.29, 0.717) is 36.2 Å². The summed E-state index contributed by atoms with van der Waals surface area (Å²) in [5, 5.41) is 0.888. The minimum atomic E-state index is -3.27. The van der Waals surface area contributed by atoms with E-state index in [1.807, 2.05) is 4.90 Å². The van der Waals surface area contributed by atoms with E-state index < -0.39 is 10.0 Å². The standard InChI is InChI=1S/C18H25Cl2N3O3S.ClH/c1-27(25,26)22-8-9-23(15(13-22)12-21-6-2-3-7-21)18(24)11-14-4-5-16(19)17(20)10-14;/h4-5,10,15H,2-3,6-9,11-13H2,1H3;1H/t15-;/m1./s1. The molecule has 0 bridgehead atoms.